The van der Waals surface area contributed by atoms with Crippen LogP contribution in [0.15, 0.2) is 18.2 Å². The summed E-state index contributed by atoms with van der Waals surface area (Å²) in [5, 5.41) is 3.09. The zero-order chi connectivity index (χ0) is 14.9. The predicted octanol–water partition coefficient (Wildman–Crippen LogP) is 4.78. The number of para-hydroxylation sites is 1. The summed E-state index contributed by atoms with van der Waals surface area (Å²) in [7, 11) is 0. The van der Waals surface area contributed by atoms with E-state index >= 15 is 0 Å². The number of rotatable bonds is 4. The third kappa shape index (κ3) is 3.02. The number of halogens is 3. The van der Waals surface area contributed by atoms with Crippen molar-refractivity contribution in [3.05, 3.63) is 23.8 Å². The third-order valence-electron chi connectivity index (χ3n) is 4.03. The van der Waals surface area contributed by atoms with Gasteiger partial charge in [-0.15, -0.1) is 13.2 Å². The molecule has 0 aliphatic carbocycles. The Hall–Kier alpha value is -1.39. The molecule has 0 saturated heterocycles. The van der Waals surface area contributed by atoms with Crippen molar-refractivity contribution in [3.8, 4) is 5.75 Å². The number of anilines is 1. The van der Waals surface area contributed by atoms with Crippen molar-refractivity contribution >= 4 is 5.69 Å². The molecule has 20 heavy (non-hydrogen) atoms. The molecule has 0 spiro atoms. The minimum absolute atomic E-state index is 0.129. The van der Waals surface area contributed by atoms with E-state index in [2.05, 4.69) is 30.8 Å². The Morgan fingerprint density at radius 3 is 2.60 bits per heavy atom. The van der Waals surface area contributed by atoms with Crippen LogP contribution < -0.4 is 10.1 Å². The van der Waals surface area contributed by atoms with Gasteiger partial charge < -0.3 is 10.1 Å². The van der Waals surface area contributed by atoms with Crippen LogP contribution >= 0.6 is 0 Å². The Kier molecular flexibility index (Phi) is 4.16. The molecule has 1 N–H and O–H groups in total. The Morgan fingerprint density at radius 2 is 2.05 bits per heavy atom. The molecule has 2 rings (SSSR count). The summed E-state index contributed by atoms with van der Waals surface area (Å²) < 4.78 is 41.3. The summed E-state index contributed by atoms with van der Waals surface area (Å²) in [6, 6.07) is 4.89. The molecule has 2 nitrogen and oxygen atoms in total. The molecular weight excluding hydrogens is 267 g/mol. The second-order valence-electron chi connectivity index (χ2n) is 5.57. The van der Waals surface area contributed by atoms with Crippen molar-refractivity contribution in [1.82, 2.24) is 0 Å². The molecule has 0 amide bonds. The molecular formula is C15H20F3NO. The number of nitrogens with one attached hydrogen (secondary N) is 1. The van der Waals surface area contributed by atoms with Crippen LogP contribution in [0.1, 0.15) is 38.7 Å². The minimum atomic E-state index is -4.66. The summed E-state index contributed by atoms with van der Waals surface area (Å²) in [5.74, 6) is 1.05. The maximum atomic E-state index is 12.4. The first kappa shape index (κ1) is 15.0. The fourth-order valence-corrected chi connectivity index (χ4v) is 3.18. The summed E-state index contributed by atoms with van der Waals surface area (Å²) in [4.78, 5) is 0. The first-order chi connectivity index (χ1) is 9.33. The van der Waals surface area contributed by atoms with Crippen LogP contribution in [-0.4, -0.2) is 12.9 Å². The molecule has 0 radical (unpaired) electrons. The van der Waals surface area contributed by atoms with Gasteiger partial charge in [-0.25, -0.2) is 0 Å². The highest BCUT2D eigenvalue weighted by Gasteiger charge is 2.36. The average Bonchev–Trinajstić information content (AvgIpc) is 2.73. The van der Waals surface area contributed by atoms with Gasteiger partial charge in [0.2, 0.25) is 0 Å². The molecule has 2 unspecified atom stereocenters. The van der Waals surface area contributed by atoms with E-state index in [-0.39, 0.29) is 11.7 Å². The topological polar surface area (TPSA) is 21.3 Å². The van der Waals surface area contributed by atoms with E-state index in [1.54, 1.807) is 6.07 Å². The number of hydrogen-bond donors (Lipinski definition) is 1. The molecule has 5 heteroatoms. The summed E-state index contributed by atoms with van der Waals surface area (Å²) in [6.45, 7) is 7.10. The van der Waals surface area contributed by atoms with Crippen molar-refractivity contribution in [3.63, 3.8) is 0 Å². The number of hydrogen-bond acceptors (Lipinski definition) is 2. The van der Waals surface area contributed by atoms with E-state index in [4.69, 9.17) is 0 Å². The number of alkyl halides is 3. The van der Waals surface area contributed by atoms with Gasteiger partial charge in [-0.3, -0.25) is 0 Å². The fraction of sp³-hybridized carbons (Fsp3) is 0.600. The Balaban J connectivity index is 2.32. The summed E-state index contributed by atoms with van der Waals surface area (Å²) in [6.07, 6.45) is -3.65. The molecule has 2 atom stereocenters. The molecule has 0 fully saturated rings. The van der Waals surface area contributed by atoms with Crippen molar-refractivity contribution in [1.29, 1.82) is 0 Å². The smallest absolute Gasteiger partial charge is 0.404 e. The minimum Gasteiger partial charge on any atom is -0.404 e. The molecule has 0 saturated carbocycles. The van der Waals surface area contributed by atoms with Gasteiger partial charge in [0.15, 0.2) is 5.75 Å². The van der Waals surface area contributed by atoms with Crippen LogP contribution in [0.25, 0.3) is 0 Å². The first-order valence-electron chi connectivity index (χ1n) is 6.96. The van der Waals surface area contributed by atoms with Gasteiger partial charge in [-0.1, -0.05) is 39.3 Å². The number of benzene rings is 1. The first-order valence-corrected chi connectivity index (χ1v) is 6.96. The Morgan fingerprint density at radius 1 is 1.35 bits per heavy atom. The average molecular weight is 287 g/mol. The van der Waals surface area contributed by atoms with Crippen molar-refractivity contribution < 1.29 is 17.9 Å². The maximum Gasteiger partial charge on any atom is 0.573 e. The van der Waals surface area contributed by atoms with Crippen LogP contribution in [0.3, 0.4) is 0 Å². The van der Waals surface area contributed by atoms with E-state index in [1.807, 2.05) is 6.07 Å². The van der Waals surface area contributed by atoms with Crippen LogP contribution in [0.4, 0.5) is 18.9 Å². The monoisotopic (exact) mass is 287 g/mol. The van der Waals surface area contributed by atoms with Gasteiger partial charge in [-0.05, 0) is 23.5 Å². The van der Waals surface area contributed by atoms with E-state index in [1.165, 1.54) is 6.07 Å². The van der Waals surface area contributed by atoms with Crippen LogP contribution in [-0.2, 0) is 0 Å². The number of fused-ring (bicyclic) bond motifs is 1. The van der Waals surface area contributed by atoms with Crippen molar-refractivity contribution in [2.45, 2.75) is 39.5 Å². The predicted molar refractivity (Wildman–Crippen MR) is 73.0 cm³/mol. The zero-order valence-corrected chi connectivity index (χ0v) is 11.9. The lowest BCUT2D eigenvalue weighted by Crippen LogP contribution is -2.19. The molecule has 0 aromatic heterocycles. The van der Waals surface area contributed by atoms with Gasteiger partial charge in [0.25, 0.3) is 0 Å². The molecule has 1 aromatic rings. The lowest BCUT2D eigenvalue weighted by Gasteiger charge is -2.26. The Labute approximate surface area is 117 Å². The quantitative estimate of drug-likeness (QED) is 0.860. The molecule has 1 aromatic carbocycles. The van der Waals surface area contributed by atoms with Crippen molar-refractivity contribution in [2.24, 2.45) is 11.8 Å². The molecule has 1 aliphatic heterocycles. The highest BCUT2D eigenvalue weighted by atomic mass is 19.4. The fourth-order valence-electron chi connectivity index (χ4n) is 3.18. The lowest BCUT2D eigenvalue weighted by atomic mass is 9.79. The van der Waals surface area contributed by atoms with E-state index < -0.39 is 6.36 Å². The van der Waals surface area contributed by atoms with E-state index in [0.717, 1.165) is 12.0 Å². The molecule has 1 heterocycles. The second-order valence-corrected chi connectivity index (χ2v) is 5.57. The lowest BCUT2D eigenvalue weighted by molar-refractivity contribution is -0.274. The van der Waals surface area contributed by atoms with E-state index in [0.29, 0.717) is 24.1 Å². The number of ether oxygens (including phenoxy) is 1. The van der Waals surface area contributed by atoms with Gasteiger partial charge in [-0.2, -0.15) is 0 Å². The largest absolute Gasteiger partial charge is 0.573 e. The van der Waals surface area contributed by atoms with Gasteiger partial charge >= 0.3 is 6.36 Å². The third-order valence-corrected chi connectivity index (χ3v) is 4.03. The molecule has 1 aliphatic rings. The summed E-state index contributed by atoms with van der Waals surface area (Å²) in [5.41, 5.74) is 1.43. The standard InChI is InChI=1S/C15H20F3NO/c1-4-10(9(2)3)12-8-19-14-11(12)6-5-7-13(14)20-15(16,17)18/h5-7,9-10,12,19H,4,8H2,1-3H3. The van der Waals surface area contributed by atoms with Crippen molar-refractivity contribution in [2.75, 3.05) is 11.9 Å². The van der Waals surface area contributed by atoms with Crippen LogP contribution in [0.2, 0.25) is 0 Å². The van der Waals surface area contributed by atoms with Gasteiger partial charge in [0.1, 0.15) is 0 Å². The van der Waals surface area contributed by atoms with E-state index in [9.17, 15) is 13.2 Å². The summed E-state index contributed by atoms with van der Waals surface area (Å²) >= 11 is 0. The highest BCUT2D eigenvalue weighted by molar-refractivity contribution is 5.67. The zero-order valence-electron chi connectivity index (χ0n) is 11.9. The SMILES string of the molecule is CCC(C(C)C)C1CNc2c(OC(F)(F)F)cccc21. The van der Waals surface area contributed by atoms with Crippen LogP contribution in [0, 0.1) is 11.8 Å². The second kappa shape index (κ2) is 5.54. The highest BCUT2D eigenvalue weighted by Crippen LogP contribution is 2.45. The van der Waals surface area contributed by atoms with Crippen LogP contribution in [0.5, 0.6) is 5.75 Å². The maximum absolute atomic E-state index is 12.4. The molecule has 112 valence electrons. The van der Waals surface area contributed by atoms with Gasteiger partial charge in [0, 0.05) is 12.5 Å². The Bertz CT molecular complexity index is 471. The van der Waals surface area contributed by atoms with Gasteiger partial charge in [0.05, 0.1) is 5.69 Å². The normalized spacial score (nSPS) is 19.6. The molecule has 0 bridgehead atoms.